The Hall–Kier alpha value is -0.580. The first kappa shape index (κ1) is 8.52. The standard InChI is InChI=1S/C8H9IN2/c1-6-7(3-4-10-2)8(9)5-11-6/h3-5,11H,2H2,1H3/b4-3-. The first-order chi connectivity index (χ1) is 5.25. The number of nitrogens with zero attached hydrogens (tertiary/aromatic N) is 1. The fourth-order valence-corrected chi connectivity index (χ4v) is 1.58. The Balaban J connectivity index is 3.00. The highest BCUT2D eigenvalue weighted by atomic mass is 127. The number of hydrogen-bond donors (Lipinski definition) is 1. The number of hydrogen-bond acceptors (Lipinski definition) is 1. The summed E-state index contributed by atoms with van der Waals surface area (Å²) < 4.78 is 1.21. The summed E-state index contributed by atoms with van der Waals surface area (Å²) in [5, 5.41) is 0. The molecule has 58 valence electrons. The van der Waals surface area contributed by atoms with Crippen molar-refractivity contribution in [1.29, 1.82) is 0 Å². The molecule has 2 nitrogen and oxygen atoms in total. The number of halogens is 1. The van der Waals surface area contributed by atoms with E-state index in [2.05, 4.69) is 39.3 Å². The lowest BCUT2D eigenvalue weighted by Crippen LogP contribution is -1.74. The predicted molar refractivity (Wildman–Crippen MR) is 56.8 cm³/mol. The molecule has 0 atom stereocenters. The van der Waals surface area contributed by atoms with Gasteiger partial charge in [0.05, 0.1) is 0 Å². The second kappa shape index (κ2) is 3.71. The summed E-state index contributed by atoms with van der Waals surface area (Å²) in [5.41, 5.74) is 2.35. The summed E-state index contributed by atoms with van der Waals surface area (Å²) in [6.45, 7) is 5.40. The van der Waals surface area contributed by atoms with Crippen LogP contribution in [0.25, 0.3) is 6.08 Å². The van der Waals surface area contributed by atoms with Crippen molar-refractivity contribution >= 4 is 35.4 Å². The molecule has 0 radical (unpaired) electrons. The van der Waals surface area contributed by atoms with Crippen LogP contribution in [0, 0.1) is 10.5 Å². The van der Waals surface area contributed by atoms with Crippen molar-refractivity contribution < 1.29 is 0 Å². The average Bonchev–Trinajstić information content (AvgIpc) is 2.29. The molecule has 0 unspecified atom stereocenters. The van der Waals surface area contributed by atoms with Gasteiger partial charge in [-0.15, -0.1) is 0 Å². The van der Waals surface area contributed by atoms with Crippen LogP contribution in [0.4, 0.5) is 0 Å². The van der Waals surface area contributed by atoms with Gasteiger partial charge in [-0.25, -0.2) is 0 Å². The summed E-state index contributed by atoms with van der Waals surface area (Å²) in [6, 6.07) is 0. The van der Waals surface area contributed by atoms with Crippen LogP contribution in [-0.2, 0) is 0 Å². The minimum atomic E-state index is 1.16. The first-order valence-electron chi connectivity index (χ1n) is 3.21. The van der Waals surface area contributed by atoms with Crippen molar-refractivity contribution in [1.82, 2.24) is 4.98 Å². The van der Waals surface area contributed by atoms with E-state index in [0.717, 1.165) is 5.69 Å². The molecule has 0 aromatic carbocycles. The van der Waals surface area contributed by atoms with Crippen LogP contribution in [0.1, 0.15) is 11.3 Å². The zero-order valence-corrected chi connectivity index (χ0v) is 8.42. The van der Waals surface area contributed by atoms with Gasteiger partial charge in [-0.1, -0.05) is 0 Å². The number of aryl methyl sites for hydroxylation is 1. The molecule has 1 heterocycles. The molecule has 0 saturated heterocycles. The maximum atomic E-state index is 3.64. The van der Waals surface area contributed by atoms with Gasteiger partial charge < -0.3 is 4.98 Å². The SMILES string of the molecule is C=N/C=C\c1c(I)c[nH]c1C. The van der Waals surface area contributed by atoms with Gasteiger partial charge in [0, 0.05) is 27.2 Å². The van der Waals surface area contributed by atoms with Crippen LogP contribution < -0.4 is 0 Å². The lowest BCUT2D eigenvalue weighted by Gasteiger charge is -1.89. The Morgan fingerprint density at radius 2 is 2.45 bits per heavy atom. The quantitative estimate of drug-likeness (QED) is 0.625. The molecular formula is C8H9IN2. The van der Waals surface area contributed by atoms with Crippen molar-refractivity contribution in [2.24, 2.45) is 4.99 Å². The number of aliphatic imine (C=N–C) groups is 1. The van der Waals surface area contributed by atoms with E-state index in [1.54, 1.807) is 6.20 Å². The van der Waals surface area contributed by atoms with Gasteiger partial charge in [-0.3, -0.25) is 4.99 Å². The van der Waals surface area contributed by atoms with Crippen molar-refractivity contribution in [2.45, 2.75) is 6.92 Å². The van der Waals surface area contributed by atoms with Crippen LogP contribution in [0.3, 0.4) is 0 Å². The maximum Gasteiger partial charge on any atom is 0.0380 e. The topological polar surface area (TPSA) is 28.1 Å². The number of rotatable bonds is 2. The molecule has 0 bridgehead atoms. The van der Waals surface area contributed by atoms with Crippen LogP contribution in [0.5, 0.6) is 0 Å². The van der Waals surface area contributed by atoms with Gasteiger partial charge in [-0.2, -0.15) is 0 Å². The summed E-state index contributed by atoms with van der Waals surface area (Å²) in [6.07, 6.45) is 5.61. The van der Waals surface area contributed by atoms with Gasteiger partial charge in [-0.05, 0) is 42.3 Å². The largest absolute Gasteiger partial charge is 0.364 e. The predicted octanol–water partition coefficient (Wildman–Crippen LogP) is 2.60. The van der Waals surface area contributed by atoms with Crippen molar-refractivity contribution in [2.75, 3.05) is 0 Å². The average molecular weight is 260 g/mol. The fourth-order valence-electron chi connectivity index (χ4n) is 0.838. The Bertz CT molecular complexity index is 267. The molecular weight excluding hydrogens is 251 g/mol. The van der Waals surface area contributed by atoms with E-state index in [4.69, 9.17) is 0 Å². The Morgan fingerprint density at radius 3 is 2.91 bits per heavy atom. The minimum absolute atomic E-state index is 1.16. The van der Waals surface area contributed by atoms with E-state index in [1.807, 2.05) is 19.2 Å². The van der Waals surface area contributed by atoms with Crippen LogP contribution in [0.2, 0.25) is 0 Å². The number of aromatic amines is 1. The second-order valence-corrected chi connectivity index (χ2v) is 3.34. The molecule has 0 saturated carbocycles. The van der Waals surface area contributed by atoms with Gasteiger partial charge >= 0.3 is 0 Å². The molecule has 0 amide bonds. The smallest absolute Gasteiger partial charge is 0.0380 e. The Kier molecular flexibility index (Phi) is 2.87. The molecule has 0 aliphatic heterocycles. The van der Waals surface area contributed by atoms with Gasteiger partial charge in [0.1, 0.15) is 0 Å². The van der Waals surface area contributed by atoms with E-state index in [-0.39, 0.29) is 0 Å². The highest BCUT2D eigenvalue weighted by molar-refractivity contribution is 14.1. The third-order valence-electron chi connectivity index (χ3n) is 1.42. The van der Waals surface area contributed by atoms with Crippen molar-refractivity contribution in [3.8, 4) is 0 Å². The van der Waals surface area contributed by atoms with E-state index >= 15 is 0 Å². The fraction of sp³-hybridized carbons (Fsp3) is 0.125. The van der Waals surface area contributed by atoms with E-state index < -0.39 is 0 Å². The summed E-state index contributed by atoms with van der Waals surface area (Å²) in [7, 11) is 0. The third-order valence-corrected chi connectivity index (χ3v) is 2.32. The molecule has 1 aromatic rings. The molecule has 0 spiro atoms. The van der Waals surface area contributed by atoms with Gasteiger partial charge in [0.2, 0.25) is 0 Å². The number of aromatic nitrogens is 1. The van der Waals surface area contributed by atoms with Crippen molar-refractivity contribution in [3.63, 3.8) is 0 Å². The second-order valence-electron chi connectivity index (χ2n) is 2.17. The summed E-state index contributed by atoms with van der Waals surface area (Å²) in [4.78, 5) is 6.77. The number of nitrogens with one attached hydrogen (secondary N) is 1. The van der Waals surface area contributed by atoms with Crippen LogP contribution in [-0.4, -0.2) is 11.7 Å². The van der Waals surface area contributed by atoms with Crippen LogP contribution in [0.15, 0.2) is 17.4 Å². The molecule has 1 rings (SSSR count). The van der Waals surface area contributed by atoms with Gasteiger partial charge in [0.15, 0.2) is 0 Å². The first-order valence-corrected chi connectivity index (χ1v) is 4.29. The molecule has 0 fully saturated rings. The molecule has 3 heteroatoms. The lowest BCUT2D eigenvalue weighted by atomic mass is 10.2. The molecule has 1 N–H and O–H groups in total. The maximum absolute atomic E-state index is 3.64. The lowest BCUT2D eigenvalue weighted by molar-refractivity contribution is 1.26. The van der Waals surface area contributed by atoms with E-state index in [0.29, 0.717) is 0 Å². The minimum Gasteiger partial charge on any atom is -0.364 e. The van der Waals surface area contributed by atoms with E-state index in [1.165, 1.54) is 9.13 Å². The van der Waals surface area contributed by atoms with Crippen molar-refractivity contribution in [3.05, 3.63) is 27.2 Å². The number of H-pyrrole nitrogens is 1. The molecule has 11 heavy (non-hydrogen) atoms. The molecule has 0 aliphatic carbocycles. The third kappa shape index (κ3) is 1.92. The normalized spacial score (nSPS) is 10.7. The Morgan fingerprint density at radius 1 is 1.73 bits per heavy atom. The summed E-state index contributed by atoms with van der Waals surface area (Å²) >= 11 is 2.28. The highest BCUT2D eigenvalue weighted by Crippen LogP contribution is 2.16. The van der Waals surface area contributed by atoms with Gasteiger partial charge in [0.25, 0.3) is 0 Å². The zero-order chi connectivity index (χ0) is 8.27. The molecule has 1 aromatic heterocycles. The van der Waals surface area contributed by atoms with Crippen LogP contribution >= 0.6 is 22.6 Å². The monoisotopic (exact) mass is 260 g/mol. The zero-order valence-electron chi connectivity index (χ0n) is 6.26. The highest BCUT2D eigenvalue weighted by Gasteiger charge is 1.99. The molecule has 0 aliphatic rings. The Labute approximate surface area is 79.6 Å². The summed E-state index contributed by atoms with van der Waals surface area (Å²) in [5.74, 6) is 0. The van der Waals surface area contributed by atoms with E-state index in [9.17, 15) is 0 Å².